The van der Waals surface area contributed by atoms with Crippen LogP contribution in [0, 0.1) is 0 Å². The molecule has 174 valence electrons. The second kappa shape index (κ2) is 11.6. The molecule has 0 saturated carbocycles. The van der Waals surface area contributed by atoms with E-state index in [0.29, 0.717) is 13.2 Å². The molecule has 1 unspecified atom stereocenters. The minimum absolute atomic E-state index is 0.200. The van der Waals surface area contributed by atoms with Gasteiger partial charge in [0.1, 0.15) is 12.4 Å². The van der Waals surface area contributed by atoms with Gasteiger partial charge in [-0.05, 0) is 50.3 Å². The molecule has 1 aromatic rings. The van der Waals surface area contributed by atoms with Crippen LogP contribution in [0.3, 0.4) is 0 Å². The summed E-state index contributed by atoms with van der Waals surface area (Å²) in [6.07, 6.45) is 1.39. The van der Waals surface area contributed by atoms with E-state index in [2.05, 4.69) is 15.2 Å². The summed E-state index contributed by atoms with van der Waals surface area (Å²) in [5.41, 5.74) is -0.714. The molecule has 0 aromatic heterocycles. The van der Waals surface area contributed by atoms with E-state index in [1.807, 2.05) is 0 Å². The summed E-state index contributed by atoms with van der Waals surface area (Å²) in [4.78, 5) is 6.48. The van der Waals surface area contributed by atoms with Gasteiger partial charge in [0.05, 0.1) is 30.9 Å². The fourth-order valence-electron chi connectivity index (χ4n) is 3.84. The van der Waals surface area contributed by atoms with Gasteiger partial charge in [0.25, 0.3) is 0 Å². The van der Waals surface area contributed by atoms with Crippen molar-refractivity contribution in [2.24, 2.45) is 4.99 Å². The number of ether oxygens (including phenoxy) is 3. The Morgan fingerprint density at radius 3 is 2.71 bits per heavy atom. The highest BCUT2D eigenvalue weighted by atomic mass is 19.4. The van der Waals surface area contributed by atoms with Gasteiger partial charge in [-0.2, -0.15) is 13.2 Å². The topological polar surface area (TPSA) is 55.3 Å². The van der Waals surface area contributed by atoms with E-state index in [1.165, 1.54) is 18.6 Å². The van der Waals surface area contributed by atoms with Gasteiger partial charge < -0.3 is 24.4 Å². The van der Waals surface area contributed by atoms with Crippen molar-refractivity contribution < 1.29 is 27.4 Å². The first-order chi connectivity index (χ1) is 15.0. The summed E-state index contributed by atoms with van der Waals surface area (Å²) in [5, 5.41) is 3.22. The maximum atomic E-state index is 12.8. The first kappa shape index (κ1) is 23.7. The Labute approximate surface area is 181 Å². The van der Waals surface area contributed by atoms with Gasteiger partial charge in [-0.1, -0.05) is 6.07 Å². The standard InChI is InChI=1S/C22H32F3N3O3/c1-26-21(27-10-14-30-19-7-4-5-17(15-19)22(23,24)25)28-11-8-18(9-12-28)31-16-20-6-2-3-13-29-20/h4-5,7,15,18,20H,2-3,6,8-14,16H2,1H3,(H,26,27). The summed E-state index contributed by atoms with van der Waals surface area (Å²) >= 11 is 0. The molecule has 0 bridgehead atoms. The van der Waals surface area contributed by atoms with Gasteiger partial charge in [0.2, 0.25) is 0 Å². The number of nitrogens with one attached hydrogen (secondary N) is 1. The maximum Gasteiger partial charge on any atom is 0.416 e. The van der Waals surface area contributed by atoms with Crippen molar-refractivity contribution in [3.05, 3.63) is 29.8 Å². The van der Waals surface area contributed by atoms with E-state index in [1.54, 1.807) is 7.05 Å². The molecule has 2 heterocycles. The number of hydrogen-bond donors (Lipinski definition) is 1. The average molecular weight is 444 g/mol. The van der Waals surface area contributed by atoms with Crippen LogP contribution in [0.15, 0.2) is 29.3 Å². The monoisotopic (exact) mass is 443 g/mol. The first-order valence-electron chi connectivity index (χ1n) is 10.9. The summed E-state index contributed by atoms with van der Waals surface area (Å²) in [6, 6.07) is 4.91. The summed E-state index contributed by atoms with van der Waals surface area (Å²) in [6.45, 7) is 3.87. The van der Waals surface area contributed by atoms with Crippen LogP contribution in [0.25, 0.3) is 0 Å². The molecular formula is C22H32F3N3O3. The van der Waals surface area contributed by atoms with E-state index in [-0.39, 0.29) is 24.6 Å². The number of rotatable bonds is 7. The Balaban J connectivity index is 1.34. The van der Waals surface area contributed by atoms with Gasteiger partial charge in [0, 0.05) is 26.7 Å². The van der Waals surface area contributed by atoms with Crippen LogP contribution in [0.5, 0.6) is 5.75 Å². The highest BCUT2D eigenvalue weighted by Crippen LogP contribution is 2.31. The minimum atomic E-state index is -4.38. The van der Waals surface area contributed by atoms with E-state index in [0.717, 1.165) is 63.5 Å². The molecule has 0 radical (unpaired) electrons. The van der Waals surface area contributed by atoms with Crippen molar-refractivity contribution in [3.8, 4) is 5.75 Å². The number of aliphatic imine (C=N–C) groups is 1. The second-order valence-corrected chi connectivity index (χ2v) is 7.86. The number of nitrogens with zero attached hydrogens (tertiary/aromatic N) is 2. The molecule has 0 spiro atoms. The molecular weight excluding hydrogens is 411 g/mol. The third-order valence-corrected chi connectivity index (χ3v) is 5.56. The number of hydrogen-bond acceptors (Lipinski definition) is 4. The number of piperidine rings is 1. The van der Waals surface area contributed by atoms with Crippen molar-refractivity contribution in [2.75, 3.05) is 46.5 Å². The van der Waals surface area contributed by atoms with E-state index in [9.17, 15) is 13.2 Å². The number of halogens is 3. The second-order valence-electron chi connectivity index (χ2n) is 7.86. The zero-order valence-electron chi connectivity index (χ0n) is 18.0. The lowest BCUT2D eigenvalue weighted by atomic mass is 10.1. The Morgan fingerprint density at radius 1 is 1.23 bits per heavy atom. The lowest BCUT2D eigenvalue weighted by molar-refractivity contribution is -0.137. The first-order valence-corrected chi connectivity index (χ1v) is 10.9. The lowest BCUT2D eigenvalue weighted by Crippen LogP contribution is -2.48. The zero-order chi connectivity index (χ0) is 22.1. The average Bonchev–Trinajstić information content (AvgIpc) is 2.79. The third-order valence-electron chi connectivity index (χ3n) is 5.56. The Bertz CT molecular complexity index is 701. The third kappa shape index (κ3) is 7.57. The van der Waals surface area contributed by atoms with Crippen LogP contribution in [-0.4, -0.2) is 69.6 Å². The number of alkyl halides is 3. The number of likely N-dealkylation sites (tertiary alicyclic amines) is 1. The molecule has 9 heteroatoms. The van der Waals surface area contributed by atoms with E-state index >= 15 is 0 Å². The van der Waals surface area contributed by atoms with Gasteiger partial charge in [-0.25, -0.2) is 0 Å². The van der Waals surface area contributed by atoms with Crippen LogP contribution >= 0.6 is 0 Å². The molecule has 2 aliphatic heterocycles. The molecule has 3 rings (SSSR count). The molecule has 0 amide bonds. The number of guanidine groups is 1. The highest BCUT2D eigenvalue weighted by Gasteiger charge is 2.30. The summed E-state index contributed by atoms with van der Waals surface area (Å²) < 4.78 is 55.6. The summed E-state index contributed by atoms with van der Waals surface area (Å²) in [5.74, 6) is 0.966. The Kier molecular flexibility index (Phi) is 8.83. The SMILES string of the molecule is CN=C(NCCOc1cccc(C(F)(F)F)c1)N1CCC(OCC2CCCCO2)CC1. The van der Waals surface area contributed by atoms with Crippen molar-refractivity contribution in [2.45, 2.75) is 50.5 Å². The fraction of sp³-hybridized carbons (Fsp3) is 0.682. The van der Waals surface area contributed by atoms with Crippen LogP contribution in [0.2, 0.25) is 0 Å². The zero-order valence-corrected chi connectivity index (χ0v) is 18.0. The largest absolute Gasteiger partial charge is 0.492 e. The van der Waals surface area contributed by atoms with E-state index in [4.69, 9.17) is 14.2 Å². The van der Waals surface area contributed by atoms with Gasteiger partial charge in [-0.3, -0.25) is 4.99 Å². The molecule has 1 aromatic carbocycles. The molecule has 31 heavy (non-hydrogen) atoms. The molecule has 2 saturated heterocycles. The smallest absolute Gasteiger partial charge is 0.416 e. The minimum Gasteiger partial charge on any atom is -0.492 e. The molecule has 6 nitrogen and oxygen atoms in total. The molecule has 2 aliphatic rings. The molecule has 1 N–H and O–H groups in total. The van der Waals surface area contributed by atoms with Crippen LogP contribution < -0.4 is 10.1 Å². The maximum absolute atomic E-state index is 12.8. The van der Waals surface area contributed by atoms with Crippen molar-refractivity contribution >= 4 is 5.96 Å². The van der Waals surface area contributed by atoms with Crippen molar-refractivity contribution in [1.29, 1.82) is 0 Å². The Morgan fingerprint density at radius 2 is 2.03 bits per heavy atom. The lowest BCUT2D eigenvalue weighted by Gasteiger charge is -2.35. The van der Waals surface area contributed by atoms with Crippen LogP contribution in [0.4, 0.5) is 13.2 Å². The van der Waals surface area contributed by atoms with Gasteiger partial charge in [-0.15, -0.1) is 0 Å². The summed E-state index contributed by atoms with van der Waals surface area (Å²) in [7, 11) is 1.72. The quantitative estimate of drug-likeness (QED) is 0.396. The number of benzene rings is 1. The van der Waals surface area contributed by atoms with Gasteiger partial charge in [0.15, 0.2) is 5.96 Å². The Hall–Kier alpha value is -2.00. The van der Waals surface area contributed by atoms with Gasteiger partial charge >= 0.3 is 6.18 Å². The fourth-order valence-corrected chi connectivity index (χ4v) is 3.84. The van der Waals surface area contributed by atoms with E-state index < -0.39 is 11.7 Å². The van der Waals surface area contributed by atoms with Crippen molar-refractivity contribution in [3.63, 3.8) is 0 Å². The van der Waals surface area contributed by atoms with Crippen LogP contribution in [0.1, 0.15) is 37.7 Å². The predicted molar refractivity (Wildman–Crippen MR) is 112 cm³/mol. The highest BCUT2D eigenvalue weighted by molar-refractivity contribution is 5.79. The van der Waals surface area contributed by atoms with Crippen LogP contribution in [-0.2, 0) is 15.7 Å². The molecule has 2 fully saturated rings. The van der Waals surface area contributed by atoms with Crippen molar-refractivity contribution in [1.82, 2.24) is 10.2 Å². The predicted octanol–water partition coefficient (Wildman–Crippen LogP) is 3.71. The molecule has 1 atom stereocenters. The molecule has 0 aliphatic carbocycles. The normalized spacial score (nSPS) is 21.2.